The molecular weight excluding hydrogens is 288 g/mol. The molecule has 2 rings (SSSR count). The van der Waals surface area contributed by atoms with Crippen LogP contribution in [0.1, 0.15) is 44.9 Å². The molecule has 0 bridgehead atoms. The van der Waals surface area contributed by atoms with Gasteiger partial charge in [-0.1, -0.05) is 12.8 Å². The molecule has 1 amide bonds. The second-order valence-electron chi connectivity index (χ2n) is 6.15. The predicted molar refractivity (Wildman–Crippen MR) is 80.9 cm³/mol. The number of nitriles is 1. The standard InChI is InChI=1S/C14H24N4O2S/c15-8-9-3-1-4-10(7-9)21(20)18-12-6-2-5-11(13(12)16)14(17)19/h9-13,18H,1-7,16H2,(H2,17,19). The SMILES string of the molecule is N#CC1CCCC(S(=O)NC2CCCC(C(N)=O)C2N)C1. The largest absolute Gasteiger partial charge is 0.369 e. The van der Waals surface area contributed by atoms with Gasteiger partial charge in [-0.3, -0.25) is 4.79 Å². The Hall–Kier alpha value is -0.970. The average Bonchev–Trinajstić information content (AvgIpc) is 2.49. The molecule has 21 heavy (non-hydrogen) atoms. The van der Waals surface area contributed by atoms with Crippen molar-refractivity contribution in [2.24, 2.45) is 23.3 Å². The molecule has 2 fully saturated rings. The Balaban J connectivity index is 1.92. The lowest BCUT2D eigenvalue weighted by molar-refractivity contribution is -0.123. The van der Waals surface area contributed by atoms with E-state index in [4.69, 9.17) is 16.7 Å². The molecule has 0 spiro atoms. The van der Waals surface area contributed by atoms with E-state index in [1.807, 2.05) is 0 Å². The van der Waals surface area contributed by atoms with Gasteiger partial charge in [0.15, 0.2) is 0 Å². The van der Waals surface area contributed by atoms with Crippen molar-refractivity contribution in [3.63, 3.8) is 0 Å². The topological polar surface area (TPSA) is 122 Å². The number of carbonyl (C=O) groups excluding carboxylic acids is 1. The third kappa shape index (κ3) is 4.02. The van der Waals surface area contributed by atoms with Crippen LogP contribution in [0.5, 0.6) is 0 Å². The van der Waals surface area contributed by atoms with Crippen molar-refractivity contribution in [3.05, 3.63) is 0 Å². The van der Waals surface area contributed by atoms with Crippen molar-refractivity contribution in [2.45, 2.75) is 62.3 Å². The maximum Gasteiger partial charge on any atom is 0.222 e. The van der Waals surface area contributed by atoms with E-state index < -0.39 is 11.0 Å². The predicted octanol–water partition coefficient (Wildman–Crippen LogP) is 0.303. The Bertz CT molecular complexity index is 451. The van der Waals surface area contributed by atoms with Gasteiger partial charge >= 0.3 is 0 Å². The van der Waals surface area contributed by atoms with Gasteiger partial charge in [-0.25, -0.2) is 8.93 Å². The molecule has 0 saturated heterocycles. The smallest absolute Gasteiger partial charge is 0.222 e. The Labute approximate surface area is 128 Å². The molecule has 6 atom stereocenters. The lowest BCUT2D eigenvalue weighted by Gasteiger charge is -2.35. The van der Waals surface area contributed by atoms with Gasteiger partial charge < -0.3 is 11.5 Å². The van der Waals surface area contributed by atoms with Gasteiger partial charge in [-0.15, -0.1) is 0 Å². The Kier molecular flexibility index (Phi) is 5.73. The van der Waals surface area contributed by atoms with E-state index >= 15 is 0 Å². The molecule has 2 aliphatic carbocycles. The zero-order valence-electron chi connectivity index (χ0n) is 12.2. The van der Waals surface area contributed by atoms with Crippen LogP contribution in [-0.2, 0) is 15.8 Å². The van der Waals surface area contributed by atoms with Gasteiger partial charge in [0.1, 0.15) is 0 Å². The molecule has 118 valence electrons. The Morgan fingerprint density at radius 2 is 1.95 bits per heavy atom. The molecule has 0 radical (unpaired) electrons. The van der Waals surface area contributed by atoms with Crippen LogP contribution in [0.3, 0.4) is 0 Å². The molecule has 6 unspecified atom stereocenters. The third-order valence-corrected chi connectivity index (χ3v) is 6.27. The van der Waals surface area contributed by atoms with Crippen molar-refractivity contribution >= 4 is 16.9 Å². The quantitative estimate of drug-likeness (QED) is 0.691. The minimum Gasteiger partial charge on any atom is -0.369 e. The van der Waals surface area contributed by atoms with Crippen molar-refractivity contribution in [3.8, 4) is 6.07 Å². The van der Waals surface area contributed by atoms with Gasteiger partial charge in [0.05, 0.1) is 28.2 Å². The van der Waals surface area contributed by atoms with Crippen LogP contribution in [0.15, 0.2) is 0 Å². The summed E-state index contributed by atoms with van der Waals surface area (Å²) >= 11 is 0. The summed E-state index contributed by atoms with van der Waals surface area (Å²) in [5.74, 6) is -0.707. The molecule has 5 N–H and O–H groups in total. The minimum atomic E-state index is -1.21. The van der Waals surface area contributed by atoms with Gasteiger partial charge in [0.2, 0.25) is 5.91 Å². The molecule has 2 saturated carbocycles. The first-order valence-corrected chi connectivity index (χ1v) is 8.85. The zero-order valence-corrected chi connectivity index (χ0v) is 13.0. The summed E-state index contributed by atoms with van der Waals surface area (Å²) in [7, 11) is -1.21. The highest BCUT2D eigenvalue weighted by Gasteiger charge is 2.36. The zero-order chi connectivity index (χ0) is 15.4. The van der Waals surface area contributed by atoms with Crippen molar-refractivity contribution in [2.75, 3.05) is 0 Å². The number of hydrogen-bond donors (Lipinski definition) is 3. The first-order chi connectivity index (χ1) is 10.0. The Morgan fingerprint density at radius 3 is 2.62 bits per heavy atom. The monoisotopic (exact) mass is 312 g/mol. The number of hydrogen-bond acceptors (Lipinski definition) is 4. The van der Waals surface area contributed by atoms with Gasteiger partial charge in [0.25, 0.3) is 0 Å². The lowest BCUT2D eigenvalue weighted by atomic mass is 9.81. The van der Waals surface area contributed by atoms with Crippen LogP contribution in [-0.4, -0.2) is 27.4 Å². The van der Waals surface area contributed by atoms with E-state index in [0.29, 0.717) is 12.8 Å². The van der Waals surface area contributed by atoms with Gasteiger partial charge in [-0.2, -0.15) is 5.26 Å². The van der Waals surface area contributed by atoms with Crippen LogP contribution in [0.2, 0.25) is 0 Å². The highest BCUT2D eigenvalue weighted by molar-refractivity contribution is 7.83. The summed E-state index contributed by atoms with van der Waals surface area (Å²) in [4.78, 5) is 11.4. The van der Waals surface area contributed by atoms with Crippen LogP contribution in [0, 0.1) is 23.2 Å². The highest BCUT2D eigenvalue weighted by Crippen LogP contribution is 2.28. The van der Waals surface area contributed by atoms with E-state index in [0.717, 1.165) is 32.1 Å². The summed E-state index contributed by atoms with van der Waals surface area (Å²) in [6.45, 7) is 0. The highest BCUT2D eigenvalue weighted by atomic mass is 32.2. The summed E-state index contributed by atoms with van der Waals surface area (Å²) < 4.78 is 15.6. The average molecular weight is 312 g/mol. The number of nitrogens with zero attached hydrogens (tertiary/aromatic N) is 1. The maximum atomic E-state index is 12.5. The van der Waals surface area contributed by atoms with E-state index in [1.54, 1.807) is 0 Å². The van der Waals surface area contributed by atoms with Crippen molar-refractivity contribution < 1.29 is 9.00 Å². The number of nitrogens with two attached hydrogens (primary N) is 2. The fraction of sp³-hybridized carbons (Fsp3) is 0.857. The molecule has 0 aromatic rings. The number of carbonyl (C=O) groups is 1. The second kappa shape index (κ2) is 7.34. The van der Waals surface area contributed by atoms with Crippen LogP contribution in [0.25, 0.3) is 0 Å². The summed E-state index contributed by atoms with van der Waals surface area (Å²) in [5.41, 5.74) is 11.5. The number of primary amides is 1. The third-order valence-electron chi connectivity index (χ3n) is 4.70. The lowest BCUT2D eigenvalue weighted by Crippen LogP contribution is -2.56. The first-order valence-electron chi connectivity index (χ1n) is 7.64. The molecule has 7 heteroatoms. The number of rotatable bonds is 4. The van der Waals surface area contributed by atoms with Crippen LogP contribution >= 0.6 is 0 Å². The second-order valence-corrected chi connectivity index (χ2v) is 7.65. The first kappa shape index (κ1) is 16.4. The summed E-state index contributed by atoms with van der Waals surface area (Å²) in [6, 6.07) is 1.76. The molecule has 6 nitrogen and oxygen atoms in total. The maximum absolute atomic E-state index is 12.5. The summed E-state index contributed by atoms with van der Waals surface area (Å²) in [5, 5.41) is 9.01. The van der Waals surface area contributed by atoms with E-state index in [2.05, 4.69) is 10.8 Å². The normalized spacial score (nSPS) is 38.4. The van der Waals surface area contributed by atoms with E-state index in [9.17, 15) is 9.00 Å². The molecule has 0 aromatic heterocycles. The van der Waals surface area contributed by atoms with Crippen LogP contribution < -0.4 is 16.2 Å². The van der Waals surface area contributed by atoms with Gasteiger partial charge in [-0.05, 0) is 32.1 Å². The molecule has 0 heterocycles. The van der Waals surface area contributed by atoms with E-state index in [1.165, 1.54) is 0 Å². The minimum absolute atomic E-state index is 0.00422. The molecular formula is C14H24N4O2S. The van der Waals surface area contributed by atoms with Gasteiger partial charge in [0, 0.05) is 18.0 Å². The number of amides is 1. The van der Waals surface area contributed by atoms with Crippen LogP contribution in [0.4, 0.5) is 0 Å². The summed E-state index contributed by atoms with van der Waals surface area (Å²) in [6.07, 6.45) is 5.78. The molecule has 0 aromatic carbocycles. The van der Waals surface area contributed by atoms with Crippen molar-refractivity contribution in [1.29, 1.82) is 5.26 Å². The molecule has 2 aliphatic rings. The fourth-order valence-corrected chi connectivity index (χ4v) is 4.95. The van der Waals surface area contributed by atoms with E-state index in [-0.39, 0.29) is 35.1 Å². The number of nitrogens with one attached hydrogen (secondary N) is 1. The Morgan fingerprint density at radius 1 is 1.24 bits per heavy atom. The molecule has 0 aliphatic heterocycles. The van der Waals surface area contributed by atoms with Crippen molar-refractivity contribution in [1.82, 2.24) is 4.72 Å². The fourth-order valence-electron chi connectivity index (χ4n) is 3.39.